The van der Waals surface area contributed by atoms with Crippen LogP contribution < -0.4 is 9.47 Å². The average Bonchev–Trinajstić information content (AvgIpc) is 2.52. The van der Waals surface area contributed by atoms with Crippen molar-refractivity contribution in [2.24, 2.45) is 5.41 Å². The van der Waals surface area contributed by atoms with Crippen LogP contribution in [-0.2, 0) is 6.42 Å². The van der Waals surface area contributed by atoms with E-state index in [-0.39, 0.29) is 0 Å². The van der Waals surface area contributed by atoms with Gasteiger partial charge in [-0.2, -0.15) is 0 Å². The molecule has 0 aliphatic heterocycles. The van der Waals surface area contributed by atoms with Crippen LogP contribution in [0.1, 0.15) is 51.7 Å². The number of hydrogen-bond acceptors (Lipinski definition) is 2. The van der Waals surface area contributed by atoms with Gasteiger partial charge in [0.05, 0.1) is 0 Å². The topological polar surface area (TPSA) is 18.5 Å². The molecule has 2 nitrogen and oxygen atoms in total. The summed E-state index contributed by atoms with van der Waals surface area (Å²) in [5.74, 6) is 2.31. The summed E-state index contributed by atoms with van der Waals surface area (Å²) in [7, 11) is 0. The molecule has 0 bridgehead atoms. The smallest absolute Gasteiger partial charge is 0.122 e. The van der Waals surface area contributed by atoms with Crippen molar-refractivity contribution >= 4 is 0 Å². The molecule has 0 atom stereocenters. The molecule has 0 spiro atoms. The normalized spacial score (nSPS) is 11.6. The van der Waals surface area contributed by atoms with Gasteiger partial charge in [0, 0.05) is 0 Å². The Bertz CT molecular complexity index is 621. The molecule has 0 saturated carbocycles. The van der Waals surface area contributed by atoms with Gasteiger partial charge in [0.1, 0.15) is 24.7 Å². The summed E-state index contributed by atoms with van der Waals surface area (Å²) in [4.78, 5) is 0. The van der Waals surface area contributed by atoms with Gasteiger partial charge in [-0.25, -0.2) is 0 Å². The summed E-state index contributed by atoms with van der Waals surface area (Å²) in [6.45, 7) is 12.2. The Labute approximate surface area is 146 Å². The summed E-state index contributed by atoms with van der Waals surface area (Å²) in [6, 6.07) is 16.6. The molecule has 0 amide bonds. The first-order valence-corrected chi connectivity index (χ1v) is 8.78. The van der Waals surface area contributed by atoms with Gasteiger partial charge in [-0.1, -0.05) is 58.9 Å². The summed E-state index contributed by atoms with van der Waals surface area (Å²) in [6.07, 6.45) is 1.07. The number of hydrogen-bond donors (Lipinski definition) is 0. The SMILES string of the molecule is CC(C)c1cccc(OCCOc2ccc(CC(C)(C)C)cc2)c1. The van der Waals surface area contributed by atoms with E-state index in [0.717, 1.165) is 17.9 Å². The quantitative estimate of drug-likeness (QED) is 0.594. The molecule has 0 N–H and O–H groups in total. The largest absolute Gasteiger partial charge is 0.490 e. The third-order valence-electron chi connectivity index (χ3n) is 3.80. The van der Waals surface area contributed by atoms with Crippen molar-refractivity contribution in [1.29, 1.82) is 0 Å². The Morgan fingerprint density at radius 2 is 1.46 bits per heavy atom. The lowest BCUT2D eigenvalue weighted by atomic mass is 9.88. The molecule has 0 aromatic heterocycles. The van der Waals surface area contributed by atoms with Gasteiger partial charge >= 0.3 is 0 Å². The van der Waals surface area contributed by atoms with Crippen LogP contribution >= 0.6 is 0 Å². The van der Waals surface area contributed by atoms with Crippen molar-refractivity contribution in [2.45, 2.75) is 47.0 Å². The van der Waals surface area contributed by atoms with Crippen LogP contribution in [0.2, 0.25) is 0 Å². The lowest BCUT2D eigenvalue weighted by Gasteiger charge is -2.18. The molecule has 2 aromatic carbocycles. The first-order valence-electron chi connectivity index (χ1n) is 8.78. The van der Waals surface area contributed by atoms with Crippen LogP contribution in [0.15, 0.2) is 48.5 Å². The predicted molar refractivity (Wildman–Crippen MR) is 101 cm³/mol. The highest BCUT2D eigenvalue weighted by Gasteiger charge is 2.11. The Hall–Kier alpha value is -1.96. The first-order chi connectivity index (χ1) is 11.3. The van der Waals surface area contributed by atoms with Crippen molar-refractivity contribution in [3.05, 3.63) is 59.7 Å². The highest BCUT2D eigenvalue weighted by molar-refractivity contribution is 5.30. The van der Waals surface area contributed by atoms with Gasteiger partial charge in [0.15, 0.2) is 0 Å². The second-order valence-corrected chi connectivity index (χ2v) is 7.81. The van der Waals surface area contributed by atoms with Crippen LogP contribution in [0.5, 0.6) is 11.5 Å². The van der Waals surface area contributed by atoms with Gasteiger partial charge in [0.2, 0.25) is 0 Å². The number of benzene rings is 2. The second kappa shape index (κ2) is 8.23. The number of ether oxygens (including phenoxy) is 2. The van der Waals surface area contributed by atoms with E-state index >= 15 is 0 Å². The van der Waals surface area contributed by atoms with E-state index in [0.29, 0.717) is 24.5 Å². The van der Waals surface area contributed by atoms with E-state index < -0.39 is 0 Å². The molecule has 2 heteroatoms. The fourth-order valence-electron chi connectivity index (χ4n) is 2.60. The van der Waals surface area contributed by atoms with Crippen molar-refractivity contribution in [3.63, 3.8) is 0 Å². The van der Waals surface area contributed by atoms with Gasteiger partial charge in [-0.15, -0.1) is 0 Å². The maximum absolute atomic E-state index is 5.78. The van der Waals surface area contributed by atoms with Crippen molar-refractivity contribution in [1.82, 2.24) is 0 Å². The van der Waals surface area contributed by atoms with E-state index in [2.05, 4.69) is 58.9 Å². The molecular formula is C22H30O2. The molecule has 0 aliphatic carbocycles. The summed E-state index contributed by atoms with van der Waals surface area (Å²) in [5.41, 5.74) is 2.94. The molecule has 130 valence electrons. The molecular weight excluding hydrogens is 296 g/mol. The monoisotopic (exact) mass is 326 g/mol. The molecule has 0 heterocycles. The molecule has 2 aromatic rings. The van der Waals surface area contributed by atoms with E-state index in [9.17, 15) is 0 Å². The third-order valence-corrected chi connectivity index (χ3v) is 3.80. The lowest BCUT2D eigenvalue weighted by molar-refractivity contribution is 0.217. The van der Waals surface area contributed by atoms with Crippen LogP contribution in [-0.4, -0.2) is 13.2 Å². The molecule has 0 radical (unpaired) electrons. The third kappa shape index (κ3) is 6.27. The summed E-state index contributed by atoms with van der Waals surface area (Å²) < 4.78 is 11.5. The highest BCUT2D eigenvalue weighted by Crippen LogP contribution is 2.22. The van der Waals surface area contributed by atoms with Crippen molar-refractivity contribution < 1.29 is 9.47 Å². The minimum Gasteiger partial charge on any atom is -0.490 e. The second-order valence-electron chi connectivity index (χ2n) is 7.81. The molecule has 24 heavy (non-hydrogen) atoms. The molecule has 2 rings (SSSR count). The van der Waals surface area contributed by atoms with Crippen LogP contribution in [0.3, 0.4) is 0 Å². The number of rotatable bonds is 7. The lowest BCUT2D eigenvalue weighted by Crippen LogP contribution is -2.10. The van der Waals surface area contributed by atoms with Crippen molar-refractivity contribution in [3.8, 4) is 11.5 Å². The fourth-order valence-corrected chi connectivity index (χ4v) is 2.60. The minimum absolute atomic E-state index is 0.306. The Morgan fingerprint density at radius 3 is 2.04 bits per heavy atom. The van der Waals surface area contributed by atoms with Crippen LogP contribution in [0.4, 0.5) is 0 Å². The van der Waals surface area contributed by atoms with Gasteiger partial charge in [-0.3, -0.25) is 0 Å². The van der Waals surface area contributed by atoms with Crippen LogP contribution in [0, 0.1) is 5.41 Å². The van der Waals surface area contributed by atoms with Gasteiger partial charge in [0.25, 0.3) is 0 Å². The van der Waals surface area contributed by atoms with E-state index in [4.69, 9.17) is 9.47 Å². The van der Waals surface area contributed by atoms with E-state index in [1.54, 1.807) is 0 Å². The maximum atomic E-state index is 5.78. The summed E-state index contributed by atoms with van der Waals surface area (Å²) in [5, 5.41) is 0. The zero-order valence-electron chi connectivity index (χ0n) is 15.6. The zero-order valence-corrected chi connectivity index (χ0v) is 15.6. The standard InChI is InChI=1S/C22H30O2/c1-17(2)19-7-6-8-21(15-19)24-14-13-23-20-11-9-18(10-12-20)16-22(3,4)5/h6-12,15,17H,13-14,16H2,1-5H3. The molecule has 0 saturated heterocycles. The molecule has 0 unspecified atom stereocenters. The Kier molecular flexibility index (Phi) is 6.30. The van der Waals surface area contributed by atoms with Crippen LogP contribution in [0.25, 0.3) is 0 Å². The molecule has 0 aliphatic rings. The maximum Gasteiger partial charge on any atom is 0.122 e. The summed E-state index contributed by atoms with van der Waals surface area (Å²) >= 11 is 0. The zero-order chi connectivity index (χ0) is 17.6. The fraction of sp³-hybridized carbons (Fsp3) is 0.455. The predicted octanol–water partition coefficient (Wildman–Crippen LogP) is 5.86. The van der Waals surface area contributed by atoms with Gasteiger partial charge < -0.3 is 9.47 Å². The Morgan fingerprint density at radius 1 is 0.833 bits per heavy atom. The Balaban J connectivity index is 1.77. The van der Waals surface area contributed by atoms with E-state index in [1.165, 1.54) is 11.1 Å². The average molecular weight is 326 g/mol. The van der Waals surface area contributed by atoms with Crippen molar-refractivity contribution in [2.75, 3.05) is 13.2 Å². The highest BCUT2D eigenvalue weighted by atomic mass is 16.5. The van der Waals surface area contributed by atoms with Gasteiger partial charge in [-0.05, 0) is 53.1 Å². The molecule has 0 fully saturated rings. The van der Waals surface area contributed by atoms with E-state index in [1.807, 2.05) is 24.3 Å². The first kappa shape index (κ1) is 18.4. The minimum atomic E-state index is 0.306.